The van der Waals surface area contributed by atoms with E-state index in [9.17, 15) is 0 Å². The molecule has 2 fully saturated rings. The predicted octanol–water partition coefficient (Wildman–Crippen LogP) is 6.71. The molecule has 4 heterocycles. The summed E-state index contributed by atoms with van der Waals surface area (Å²) in [5.41, 5.74) is 7.02. The minimum absolute atomic E-state index is 1.07. The lowest BCUT2D eigenvalue weighted by atomic mass is 10.2. The smallest absolute Gasteiger partial charge is 0.201 e. The molecule has 0 unspecified atom stereocenters. The van der Waals surface area contributed by atoms with Gasteiger partial charge in [-0.1, -0.05) is 32.8 Å². The molecule has 0 amide bonds. The fraction of sp³-hybridized carbons (Fsp3) is 0.442. The van der Waals surface area contributed by atoms with E-state index in [0.717, 1.165) is 101 Å². The van der Waals surface area contributed by atoms with Crippen LogP contribution in [-0.4, -0.2) is 98.3 Å². The molecule has 0 radical (unpaired) electrons. The van der Waals surface area contributed by atoms with Gasteiger partial charge in [0.25, 0.3) is 0 Å². The van der Waals surface area contributed by atoms with Crippen LogP contribution in [0.1, 0.15) is 45.1 Å². The van der Waals surface area contributed by atoms with Crippen LogP contribution in [0, 0.1) is 6.92 Å². The van der Waals surface area contributed by atoms with Gasteiger partial charge in [-0.15, -0.1) is 22.7 Å². The Labute approximate surface area is 316 Å². The normalized spacial score (nSPS) is 16.1. The summed E-state index contributed by atoms with van der Waals surface area (Å²) in [5.74, 6) is 0. The SMILES string of the molecule is CCCCN(CCCC)c1ccc2nc3ccc(=[N+]4CCN(CCN5CC[N+](=c6ccc7nc8ccc(C)cc8sc-7c6)CC5)CC4)cc-3sc2c1. The van der Waals surface area contributed by atoms with Gasteiger partial charge < -0.3 is 4.90 Å². The number of aryl methyl sites for hydroxylation is 1. The Bertz CT molecular complexity index is 2230. The number of hydrogen-bond acceptors (Lipinski definition) is 7. The van der Waals surface area contributed by atoms with Crippen LogP contribution in [0.3, 0.4) is 0 Å². The minimum Gasteiger partial charge on any atom is -0.371 e. The van der Waals surface area contributed by atoms with Gasteiger partial charge in [0, 0.05) is 56.1 Å². The number of aromatic nitrogens is 2. The molecule has 0 saturated carbocycles. The lowest BCUT2D eigenvalue weighted by molar-refractivity contribution is 0.163. The van der Waals surface area contributed by atoms with Crippen LogP contribution in [0.2, 0.25) is 0 Å². The van der Waals surface area contributed by atoms with Gasteiger partial charge in [0.1, 0.15) is 0 Å². The number of rotatable bonds is 10. The minimum atomic E-state index is 1.07. The summed E-state index contributed by atoms with van der Waals surface area (Å²) >= 11 is 3.76. The third-order valence-corrected chi connectivity index (χ3v) is 13.2. The zero-order valence-corrected chi connectivity index (χ0v) is 32.8. The molecule has 52 heavy (non-hydrogen) atoms. The van der Waals surface area contributed by atoms with Crippen molar-refractivity contribution >= 4 is 48.8 Å². The Morgan fingerprint density at radius 2 is 1.12 bits per heavy atom. The van der Waals surface area contributed by atoms with Crippen LogP contribution in [0.25, 0.3) is 41.6 Å². The van der Waals surface area contributed by atoms with Gasteiger partial charge in [0.2, 0.25) is 10.7 Å². The highest BCUT2D eigenvalue weighted by Gasteiger charge is 2.24. The molecule has 8 rings (SSSR count). The van der Waals surface area contributed by atoms with Crippen molar-refractivity contribution in [3.05, 3.63) is 89.1 Å². The van der Waals surface area contributed by atoms with Crippen molar-refractivity contribution < 1.29 is 0 Å². The molecule has 0 N–H and O–H groups in total. The van der Waals surface area contributed by atoms with Crippen LogP contribution < -0.4 is 24.8 Å². The van der Waals surface area contributed by atoms with Crippen molar-refractivity contribution in [2.45, 2.75) is 46.5 Å². The molecular formula is C43H53N7S2+2. The summed E-state index contributed by atoms with van der Waals surface area (Å²) in [7, 11) is 0. The molecule has 0 bridgehead atoms. The second-order valence-electron chi connectivity index (χ2n) is 14.7. The third-order valence-electron chi connectivity index (χ3n) is 11.0. The number of hydrogen-bond donors (Lipinski definition) is 0. The lowest BCUT2D eigenvalue weighted by Gasteiger charge is -2.30. The Morgan fingerprint density at radius 1 is 0.615 bits per heavy atom. The first-order valence-corrected chi connectivity index (χ1v) is 21.2. The van der Waals surface area contributed by atoms with Crippen molar-refractivity contribution in [2.75, 3.05) is 83.4 Å². The zero-order valence-electron chi connectivity index (χ0n) is 31.2. The summed E-state index contributed by atoms with van der Waals surface area (Å²) in [4.78, 5) is 20.4. The molecule has 0 atom stereocenters. The van der Waals surface area contributed by atoms with Gasteiger partial charge in [-0.3, -0.25) is 9.80 Å². The maximum atomic E-state index is 5.07. The van der Waals surface area contributed by atoms with Gasteiger partial charge in [-0.25, -0.2) is 19.1 Å². The monoisotopic (exact) mass is 731 g/mol. The molecule has 7 nitrogen and oxygen atoms in total. The Morgan fingerprint density at radius 3 is 1.63 bits per heavy atom. The van der Waals surface area contributed by atoms with Crippen LogP contribution in [-0.2, 0) is 0 Å². The highest BCUT2D eigenvalue weighted by molar-refractivity contribution is 7.21. The number of piperazine rings is 2. The Hall–Kier alpha value is -3.76. The van der Waals surface area contributed by atoms with E-state index in [-0.39, 0.29) is 0 Å². The number of unbranched alkanes of at least 4 members (excludes halogenated alkanes) is 2. The molecule has 270 valence electrons. The molecule has 2 saturated heterocycles. The van der Waals surface area contributed by atoms with E-state index in [2.05, 4.69) is 117 Å². The fourth-order valence-corrected chi connectivity index (χ4v) is 9.85. The van der Waals surface area contributed by atoms with Gasteiger partial charge >= 0.3 is 0 Å². The first kappa shape index (κ1) is 35.3. The molecular weight excluding hydrogens is 679 g/mol. The molecule has 0 aromatic heterocycles. The van der Waals surface area contributed by atoms with Gasteiger partial charge in [0.05, 0.1) is 67.8 Å². The van der Waals surface area contributed by atoms with Crippen LogP contribution in [0.15, 0.2) is 72.8 Å². The summed E-state index contributed by atoms with van der Waals surface area (Å²) in [6, 6.07) is 27.2. The quantitative estimate of drug-likeness (QED) is 0.116. The Balaban J connectivity index is 0.886. The maximum absolute atomic E-state index is 5.07. The van der Waals surface area contributed by atoms with Crippen LogP contribution >= 0.6 is 22.7 Å². The number of anilines is 1. The molecule has 2 aromatic rings. The largest absolute Gasteiger partial charge is 0.371 e. The number of benzene rings is 4. The molecule has 2 aromatic carbocycles. The summed E-state index contributed by atoms with van der Waals surface area (Å²) in [6.45, 7) is 20.1. The molecule has 6 aliphatic rings. The van der Waals surface area contributed by atoms with Crippen LogP contribution in [0.5, 0.6) is 0 Å². The second kappa shape index (κ2) is 16.1. The molecule has 4 aliphatic heterocycles. The maximum Gasteiger partial charge on any atom is 0.201 e. The van der Waals surface area contributed by atoms with Crippen molar-refractivity contribution in [3.8, 4) is 21.1 Å². The summed E-state index contributed by atoms with van der Waals surface area (Å²) in [6.07, 6.45) is 4.92. The molecule has 9 heteroatoms. The van der Waals surface area contributed by atoms with Crippen LogP contribution in [0.4, 0.5) is 5.69 Å². The van der Waals surface area contributed by atoms with Crippen molar-refractivity contribution in [1.29, 1.82) is 0 Å². The van der Waals surface area contributed by atoms with E-state index in [1.54, 1.807) is 0 Å². The topological polar surface area (TPSA) is 41.5 Å². The Kier molecular flexibility index (Phi) is 10.9. The second-order valence-corrected chi connectivity index (χ2v) is 16.9. The fourth-order valence-electron chi connectivity index (χ4n) is 7.72. The number of fused-ring (bicyclic) bond motifs is 4. The molecule has 2 aliphatic carbocycles. The summed E-state index contributed by atoms with van der Waals surface area (Å²) in [5, 5.41) is 2.66. The van der Waals surface area contributed by atoms with Gasteiger partial charge in [-0.2, -0.15) is 0 Å². The van der Waals surface area contributed by atoms with Crippen molar-refractivity contribution in [3.63, 3.8) is 0 Å². The lowest BCUT2D eigenvalue weighted by Crippen LogP contribution is -2.52. The number of nitrogens with zero attached hydrogens (tertiary/aromatic N) is 7. The molecule has 0 spiro atoms. The zero-order chi connectivity index (χ0) is 35.4. The van der Waals surface area contributed by atoms with Crippen molar-refractivity contribution in [1.82, 2.24) is 28.9 Å². The van der Waals surface area contributed by atoms with E-state index < -0.39 is 0 Å². The first-order valence-electron chi connectivity index (χ1n) is 19.5. The van der Waals surface area contributed by atoms with E-state index in [1.807, 2.05) is 22.7 Å². The van der Waals surface area contributed by atoms with E-state index in [4.69, 9.17) is 9.97 Å². The van der Waals surface area contributed by atoms with E-state index >= 15 is 0 Å². The van der Waals surface area contributed by atoms with E-state index in [0.29, 0.717) is 0 Å². The highest BCUT2D eigenvalue weighted by atomic mass is 32.1. The summed E-state index contributed by atoms with van der Waals surface area (Å²) < 4.78 is 7.67. The standard InChI is InChI=1S/C43H53N7S2/c1-4-6-16-48(17-7-5-2)33-9-13-38-42(29-33)52-43-31-35(11-15-39(43)45-38)50-26-22-47(23-27-50)19-18-46-20-24-49(25-21-46)34-10-14-37-41(30-34)51-40-28-32(3)8-12-36(40)44-37/h8-15,28-31H,4-7,16-27H2,1-3H3/q+2. The average molecular weight is 732 g/mol. The highest BCUT2D eigenvalue weighted by Crippen LogP contribution is 2.32. The van der Waals surface area contributed by atoms with Gasteiger partial charge in [0.15, 0.2) is 26.2 Å². The third kappa shape index (κ3) is 7.93. The predicted molar refractivity (Wildman–Crippen MR) is 222 cm³/mol. The first-order chi connectivity index (χ1) is 25.5. The average Bonchev–Trinajstić information content (AvgIpc) is 3.18. The van der Waals surface area contributed by atoms with Crippen molar-refractivity contribution in [2.24, 2.45) is 0 Å². The van der Waals surface area contributed by atoms with E-state index in [1.165, 1.54) is 66.8 Å². The van der Waals surface area contributed by atoms with Gasteiger partial charge in [-0.05, 0) is 67.8 Å².